The van der Waals surface area contributed by atoms with Crippen molar-refractivity contribution in [3.63, 3.8) is 0 Å². The highest BCUT2D eigenvalue weighted by molar-refractivity contribution is 5.95. The summed E-state index contributed by atoms with van der Waals surface area (Å²) in [5.41, 5.74) is 7.60. The minimum atomic E-state index is -0.138. The van der Waals surface area contributed by atoms with Crippen LogP contribution in [-0.4, -0.2) is 22.9 Å². The van der Waals surface area contributed by atoms with Gasteiger partial charge in [0.25, 0.3) is 5.91 Å². The van der Waals surface area contributed by atoms with Crippen LogP contribution >= 0.6 is 0 Å². The SMILES string of the molecule is CNC(=O)c1cccc(-c2ccc(NN)c(NCc3ccc4ncccc4c3)n2)c1. The van der Waals surface area contributed by atoms with Crippen LogP contribution in [0.5, 0.6) is 0 Å². The average Bonchev–Trinajstić information content (AvgIpc) is 2.82. The Morgan fingerprint density at radius 1 is 1.03 bits per heavy atom. The van der Waals surface area contributed by atoms with Crippen molar-refractivity contribution < 1.29 is 4.79 Å². The van der Waals surface area contributed by atoms with Crippen LogP contribution < -0.4 is 21.9 Å². The van der Waals surface area contributed by atoms with E-state index in [0.29, 0.717) is 23.6 Å². The Kier molecular flexibility index (Phi) is 5.54. The van der Waals surface area contributed by atoms with Crippen LogP contribution in [0.2, 0.25) is 0 Å². The summed E-state index contributed by atoms with van der Waals surface area (Å²) in [7, 11) is 1.61. The van der Waals surface area contributed by atoms with Crippen molar-refractivity contribution in [2.75, 3.05) is 17.8 Å². The highest BCUT2D eigenvalue weighted by Gasteiger charge is 2.10. The number of nitrogens with two attached hydrogens (primary N) is 1. The van der Waals surface area contributed by atoms with E-state index >= 15 is 0 Å². The van der Waals surface area contributed by atoms with Crippen molar-refractivity contribution in [3.05, 3.63) is 84.1 Å². The van der Waals surface area contributed by atoms with E-state index in [0.717, 1.165) is 27.7 Å². The molecule has 7 heteroatoms. The quantitative estimate of drug-likeness (QED) is 0.292. The van der Waals surface area contributed by atoms with Gasteiger partial charge in [-0.3, -0.25) is 15.6 Å². The predicted octanol–water partition coefficient (Wildman–Crippen LogP) is 3.55. The number of pyridine rings is 2. The number of anilines is 2. The van der Waals surface area contributed by atoms with E-state index in [1.54, 1.807) is 19.3 Å². The third-order valence-corrected chi connectivity index (χ3v) is 4.83. The molecule has 0 unspecified atom stereocenters. The fraction of sp³-hybridized carbons (Fsp3) is 0.0870. The molecule has 2 heterocycles. The van der Waals surface area contributed by atoms with Crippen LogP contribution in [0.1, 0.15) is 15.9 Å². The van der Waals surface area contributed by atoms with Crippen molar-refractivity contribution in [1.82, 2.24) is 15.3 Å². The van der Waals surface area contributed by atoms with Crippen molar-refractivity contribution in [1.29, 1.82) is 0 Å². The van der Waals surface area contributed by atoms with Gasteiger partial charge in [0.1, 0.15) is 0 Å². The van der Waals surface area contributed by atoms with Crippen LogP contribution in [0.15, 0.2) is 72.9 Å². The van der Waals surface area contributed by atoms with Gasteiger partial charge in [0.15, 0.2) is 5.82 Å². The van der Waals surface area contributed by atoms with Crippen LogP contribution in [0.25, 0.3) is 22.2 Å². The third kappa shape index (κ3) is 4.06. The van der Waals surface area contributed by atoms with E-state index in [9.17, 15) is 4.79 Å². The van der Waals surface area contributed by atoms with Crippen LogP contribution in [0, 0.1) is 0 Å². The van der Waals surface area contributed by atoms with Crippen molar-refractivity contribution >= 4 is 28.3 Å². The number of fused-ring (bicyclic) bond motifs is 1. The summed E-state index contributed by atoms with van der Waals surface area (Å²) in [6, 6.07) is 21.2. The number of nitrogens with zero attached hydrogens (tertiary/aromatic N) is 2. The molecule has 4 aromatic rings. The first-order valence-electron chi connectivity index (χ1n) is 9.55. The summed E-state index contributed by atoms with van der Waals surface area (Å²) in [4.78, 5) is 21.0. The maximum Gasteiger partial charge on any atom is 0.251 e. The van der Waals surface area contributed by atoms with Gasteiger partial charge in [0.2, 0.25) is 0 Å². The second-order valence-corrected chi connectivity index (χ2v) is 6.78. The number of hydrogen-bond donors (Lipinski definition) is 4. The lowest BCUT2D eigenvalue weighted by molar-refractivity contribution is 0.0963. The molecule has 7 nitrogen and oxygen atoms in total. The zero-order valence-electron chi connectivity index (χ0n) is 16.5. The fourth-order valence-electron chi connectivity index (χ4n) is 3.26. The number of nitrogens with one attached hydrogen (secondary N) is 3. The van der Waals surface area contributed by atoms with Gasteiger partial charge in [-0.1, -0.05) is 24.3 Å². The van der Waals surface area contributed by atoms with Crippen molar-refractivity contribution in [2.45, 2.75) is 6.54 Å². The van der Waals surface area contributed by atoms with Gasteiger partial charge < -0.3 is 16.1 Å². The maximum atomic E-state index is 11.9. The molecular formula is C23H22N6O. The van der Waals surface area contributed by atoms with E-state index in [2.05, 4.69) is 27.1 Å². The standard InChI is InChI=1S/C23H22N6O/c1-25-23(30)18-5-2-4-17(13-18)20-9-10-21(29-24)22(28-20)27-14-15-7-8-19-16(12-15)6-3-11-26-19/h2-13,29H,14,24H2,1H3,(H,25,30)(H,27,28). The van der Waals surface area contributed by atoms with Gasteiger partial charge in [-0.25, -0.2) is 4.98 Å². The number of carbonyl (C=O) groups is 1. The molecule has 0 atom stereocenters. The number of rotatable bonds is 6. The van der Waals surface area contributed by atoms with E-state index in [4.69, 9.17) is 10.8 Å². The first-order chi connectivity index (χ1) is 14.7. The Labute approximate surface area is 174 Å². The Hall–Kier alpha value is -3.97. The molecule has 0 radical (unpaired) electrons. The molecule has 2 aromatic heterocycles. The second-order valence-electron chi connectivity index (χ2n) is 6.78. The van der Waals surface area contributed by atoms with Gasteiger partial charge in [-0.15, -0.1) is 0 Å². The van der Waals surface area contributed by atoms with Gasteiger partial charge in [-0.2, -0.15) is 0 Å². The molecule has 5 N–H and O–H groups in total. The molecule has 1 amide bonds. The highest BCUT2D eigenvalue weighted by atomic mass is 16.1. The highest BCUT2D eigenvalue weighted by Crippen LogP contribution is 2.26. The molecule has 0 spiro atoms. The summed E-state index contributed by atoms with van der Waals surface area (Å²) < 4.78 is 0. The van der Waals surface area contributed by atoms with E-state index in [1.807, 2.05) is 54.6 Å². The van der Waals surface area contributed by atoms with Gasteiger partial charge >= 0.3 is 0 Å². The normalized spacial score (nSPS) is 10.6. The summed E-state index contributed by atoms with van der Waals surface area (Å²) in [6.07, 6.45) is 1.79. The monoisotopic (exact) mass is 398 g/mol. The lowest BCUT2D eigenvalue weighted by atomic mass is 10.1. The molecular weight excluding hydrogens is 376 g/mol. The molecule has 4 rings (SSSR count). The van der Waals surface area contributed by atoms with E-state index in [1.165, 1.54) is 0 Å². The Morgan fingerprint density at radius 2 is 1.93 bits per heavy atom. The number of aromatic nitrogens is 2. The number of carbonyl (C=O) groups excluding carboxylic acids is 1. The molecule has 0 aliphatic carbocycles. The number of amides is 1. The fourth-order valence-corrected chi connectivity index (χ4v) is 3.26. The van der Waals surface area contributed by atoms with Crippen LogP contribution in [0.4, 0.5) is 11.5 Å². The predicted molar refractivity (Wildman–Crippen MR) is 120 cm³/mol. The molecule has 0 saturated heterocycles. The first-order valence-corrected chi connectivity index (χ1v) is 9.55. The number of hydrogen-bond acceptors (Lipinski definition) is 6. The Bertz CT molecular complexity index is 1210. The minimum absolute atomic E-state index is 0.138. The molecule has 0 saturated carbocycles. The lowest BCUT2D eigenvalue weighted by Crippen LogP contribution is -2.17. The molecule has 2 aromatic carbocycles. The zero-order valence-corrected chi connectivity index (χ0v) is 16.5. The zero-order chi connectivity index (χ0) is 20.9. The van der Waals surface area contributed by atoms with Gasteiger partial charge in [-0.05, 0) is 48.0 Å². The average molecular weight is 398 g/mol. The first kappa shape index (κ1) is 19.4. The second kappa shape index (κ2) is 8.59. The van der Waals surface area contributed by atoms with Crippen LogP contribution in [0.3, 0.4) is 0 Å². The minimum Gasteiger partial charge on any atom is -0.364 e. The molecule has 0 fully saturated rings. The summed E-state index contributed by atoms with van der Waals surface area (Å²) in [5, 5.41) is 7.07. The summed E-state index contributed by atoms with van der Waals surface area (Å²) >= 11 is 0. The summed E-state index contributed by atoms with van der Waals surface area (Å²) in [5.74, 6) is 6.17. The topological polar surface area (TPSA) is 105 Å². The largest absolute Gasteiger partial charge is 0.364 e. The van der Waals surface area contributed by atoms with Crippen LogP contribution in [-0.2, 0) is 6.54 Å². The van der Waals surface area contributed by atoms with E-state index in [-0.39, 0.29) is 5.91 Å². The van der Waals surface area contributed by atoms with Gasteiger partial charge in [0, 0.05) is 36.3 Å². The number of hydrazine groups is 1. The molecule has 0 aliphatic rings. The molecule has 0 aliphatic heterocycles. The lowest BCUT2D eigenvalue weighted by Gasteiger charge is -2.13. The third-order valence-electron chi connectivity index (χ3n) is 4.83. The van der Waals surface area contributed by atoms with E-state index < -0.39 is 0 Å². The van der Waals surface area contributed by atoms with Crippen molar-refractivity contribution in [3.8, 4) is 11.3 Å². The Balaban J connectivity index is 1.60. The summed E-state index contributed by atoms with van der Waals surface area (Å²) in [6.45, 7) is 0.578. The Morgan fingerprint density at radius 3 is 2.77 bits per heavy atom. The van der Waals surface area contributed by atoms with Gasteiger partial charge in [0.05, 0.1) is 16.9 Å². The number of benzene rings is 2. The molecule has 30 heavy (non-hydrogen) atoms. The molecule has 0 bridgehead atoms. The number of nitrogen functional groups attached to an aromatic ring is 1. The van der Waals surface area contributed by atoms with Crippen molar-refractivity contribution in [2.24, 2.45) is 5.84 Å². The smallest absolute Gasteiger partial charge is 0.251 e. The maximum absolute atomic E-state index is 11.9. The molecule has 150 valence electrons.